The number of nitrogens with one attached hydrogen (secondary N) is 2. The van der Waals surface area contributed by atoms with Crippen LogP contribution in [0.4, 0.5) is 11.6 Å². The molecule has 0 aliphatic carbocycles. The molecular formula is C14H26N4O2. The van der Waals surface area contributed by atoms with Gasteiger partial charge in [-0.25, -0.2) is 9.97 Å². The predicted molar refractivity (Wildman–Crippen MR) is 80.9 cm³/mol. The number of aliphatic hydroxyl groups excluding tert-OH is 1. The van der Waals surface area contributed by atoms with E-state index in [1.54, 1.807) is 7.11 Å². The molecule has 1 aromatic heterocycles. The summed E-state index contributed by atoms with van der Waals surface area (Å²) in [6.45, 7) is 5.67. The van der Waals surface area contributed by atoms with Crippen LogP contribution in [-0.4, -0.2) is 41.4 Å². The number of ether oxygens (including phenoxy) is 1. The molecule has 0 spiro atoms. The smallest absolute Gasteiger partial charge is 0.158 e. The average molecular weight is 282 g/mol. The van der Waals surface area contributed by atoms with Crippen LogP contribution in [0.15, 0.2) is 6.07 Å². The molecule has 3 N–H and O–H groups in total. The van der Waals surface area contributed by atoms with Crippen molar-refractivity contribution in [2.75, 3.05) is 30.9 Å². The standard InChI is InChI=1S/C14H26N4O2/c1-4-7-15-12-9-13(16-11(2)6-5-8-19)18-14(17-12)10-20-3/h9,11,19H,4-8,10H2,1-3H3,(H2,15,16,17,18). The molecule has 1 unspecified atom stereocenters. The molecule has 6 nitrogen and oxygen atoms in total. The van der Waals surface area contributed by atoms with Gasteiger partial charge in [0.05, 0.1) is 0 Å². The number of hydrogen-bond donors (Lipinski definition) is 3. The van der Waals surface area contributed by atoms with Crippen LogP contribution in [0, 0.1) is 0 Å². The lowest BCUT2D eigenvalue weighted by Gasteiger charge is -2.15. The Labute approximate surface area is 121 Å². The summed E-state index contributed by atoms with van der Waals surface area (Å²) in [5, 5.41) is 15.5. The van der Waals surface area contributed by atoms with Gasteiger partial charge >= 0.3 is 0 Å². The topological polar surface area (TPSA) is 79.3 Å². The Bertz CT molecular complexity index is 387. The lowest BCUT2D eigenvalue weighted by Crippen LogP contribution is -2.18. The van der Waals surface area contributed by atoms with E-state index >= 15 is 0 Å². The van der Waals surface area contributed by atoms with Gasteiger partial charge in [-0.05, 0) is 26.2 Å². The second-order valence-electron chi connectivity index (χ2n) is 4.83. The maximum absolute atomic E-state index is 8.86. The quantitative estimate of drug-likeness (QED) is 0.609. The molecule has 1 atom stereocenters. The van der Waals surface area contributed by atoms with Gasteiger partial charge in [0, 0.05) is 32.4 Å². The van der Waals surface area contributed by atoms with Crippen LogP contribution >= 0.6 is 0 Å². The van der Waals surface area contributed by atoms with E-state index in [9.17, 15) is 0 Å². The van der Waals surface area contributed by atoms with Gasteiger partial charge in [-0.2, -0.15) is 0 Å². The average Bonchev–Trinajstić information content (AvgIpc) is 2.43. The summed E-state index contributed by atoms with van der Waals surface area (Å²) >= 11 is 0. The van der Waals surface area contributed by atoms with E-state index in [0.717, 1.165) is 37.4 Å². The molecule has 0 saturated heterocycles. The molecule has 20 heavy (non-hydrogen) atoms. The third-order valence-corrected chi connectivity index (χ3v) is 2.79. The van der Waals surface area contributed by atoms with Gasteiger partial charge < -0.3 is 20.5 Å². The molecule has 1 aromatic rings. The van der Waals surface area contributed by atoms with Crippen molar-refractivity contribution in [3.63, 3.8) is 0 Å². The zero-order valence-corrected chi connectivity index (χ0v) is 12.6. The van der Waals surface area contributed by atoms with Crippen LogP contribution in [0.25, 0.3) is 0 Å². The molecule has 0 radical (unpaired) electrons. The van der Waals surface area contributed by atoms with Gasteiger partial charge in [-0.3, -0.25) is 0 Å². The maximum atomic E-state index is 8.86. The van der Waals surface area contributed by atoms with Crippen molar-refractivity contribution in [2.24, 2.45) is 0 Å². The highest BCUT2D eigenvalue weighted by atomic mass is 16.5. The fraction of sp³-hybridized carbons (Fsp3) is 0.714. The Morgan fingerprint density at radius 3 is 2.75 bits per heavy atom. The fourth-order valence-electron chi connectivity index (χ4n) is 1.83. The molecule has 114 valence electrons. The first-order chi connectivity index (χ1) is 9.69. The third-order valence-electron chi connectivity index (χ3n) is 2.79. The number of nitrogens with zero attached hydrogens (tertiary/aromatic N) is 2. The summed E-state index contributed by atoms with van der Waals surface area (Å²) in [6.07, 6.45) is 2.72. The number of rotatable bonds is 10. The van der Waals surface area contributed by atoms with E-state index in [1.807, 2.05) is 6.07 Å². The largest absolute Gasteiger partial charge is 0.396 e. The molecule has 6 heteroatoms. The minimum absolute atomic E-state index is 0.216. The van der Waals surface area contributed by atoms with Crippen molar-refractivity contribution in [2.45, 2.75) is 45.8 Å². The van der Waals surface area contributed by atoms with Crippen molar-refractivity contribution in [1.29, 1.82) is 0 Å². The van der Waals surface area contributed by atoms with Crippen LogP contribution < -0.4 is 10.6 Å². The van der Waals surface area contributed by atoms with Gasteiger partial charge in [-0.1, -0.05) is 6.92 Å². The minimum atomic E-state index is 0.216. The highest BCUT2D eigenvalue weighted by Gasteiger charge is 2.07. The first-order valence-corrected chi connectivity index (χ1v) is 7.17. The molecular weight excluding hydrogens is 256 g/mol. The minimum Gasteiger partial charge on any atom is -0.396 e. The first kappa shape index (κ1) is 16.7. The molecule has 0 aliphatic rings. The summed E-state index contributed by atoms with van der Waals surface area (Å²) in [4.78, 5) is 8.83. The Kier molecular flexibility index (Phi) is 7.91. The van der Waals surface area contributed by atoms with E-state index in [1.165, 1.54) is 0 Å². The Morgan fingerprint density at radius 2 is 2.10 bits per heavy atom. The van der Waals surface area contributed by atoms with Crippen LogP contribution in [0.2, 0.25) is 0 Å². The van der Waals surface area contributed by atoms with Crippen molar-refractivity contribution in [3.8, 4) is 0 Å². The zero-order valence-electron chi connectivity index (χ0n) is 12.6. The van der Waals surface area contributed by atoms with Gasteiger partial charge in [0.1, 0.15) is 18.2 Å². The number of methoxy groups -OCH3 is 1. The van der Waals surface area contributed by atoms with Crippen molar-refractivity contribution in [1.82, 2.24) is 9.97 Å². The molecule has 0 fully saturated rings. The molecule has 0 bridgehead atoms. The van der Waals surface area contributed by atoms with Crippen LogP contribution in [-0.2, 0) is 11.3 Å². The molecule has 0 aromatic carbocycles. The highest BCUT2D eigenvalue weighted by molar-refractivity contribution is 5.48. The van der Waals surface area contributed by atoms with Crippen LogP contribution in [0.5, 0.6) is 0 Å². The molecule has 0 aliphatic heterocycles. The monoisotopic (exact) mass is 282 g/mol. The second-order valence-corrected chi connectivity index (χ2v) is 4.83. The van der Waals surface area contributed by atoms with Crippen LogP contribution in [0.3, 0.4) is 0 Å². The Balaban J connectivity index is 2.73. The Morgan fingerprint density at radius 1 is 1.35 bits per heavy atom. The summed E-state index contributed by atoms with van der Waals surface area (Å²) in [5.41, 5.74) is 0. The SMILES string of the molecule is CCCNc1cc(NC(C)CCCO)nc(COC)n1. The lowest BCUT2D eigenvalue weighted by atomic mass is 10.2. The number of aliphatic hydroxyl groups is 1. The number of anilines is 2. The van der Waals surface area contributed by atoms with Crippen LogP contribution in [0.1, 0.15) is 38.9 Å². The van der Waals surface area contributed by atoms with Gasteiger partial charge in [0.25, 0.3) is 0 Å². The zero-order chi connectivity index (χ0) is 14.8. The third kappa shape index (κ3) is 6.16. The molecule has 0 saturated carbocycles. The highest BCUT2D eigenvalue weighted by Crippen LogP contribution is 2.14. The van der Waals surface area contributed by atoms with Gasteiger partial charge in [-0.15, -0.1) is 0 Å². The summed E-state index contributed by atoms with van der Waals surface area (Å²) in [7, 11) is 1.63. The normalized spacial score (nSPS) is 12.2. The first-order valence-electron chi connectivity index (χ1n) is 7.17. The molecule has 1 rings (SSSR count). The van der Waals surface area contributed by atoms with Gasteiger partial charge in [0.2, 0.25) is 0 Å². The van der Waals surface area contributed by atoms with Crippen molar-refractivity contribution < 1.29 is 9.84 Å². The fourth-order valence-corrected chi connectivity index (χ4v) is 1.83. The van der Waals surface area contributed by atoms with E-state index in [2.05, 4.69) is 34.4 Å². The summed E-state index contributed by atoms with van der Waals surface area (Å²) in [5.74, 6) is 2.26. The maximum Gasteiger partial charge on any atom is 0.158 e. The van der Waals surface area contributed by atoms with Gasteiger partial charge in [0.15, 0.2) is 5.82 Å². The summed E-state index contributed by atoms with van der Waals surface area (Å²) < 4.78 is 5.10. The predicted octanol–water partition coefficient (Wildman–Crippen LogP) is 2.02. The van der Waals surface area contributed by atoms with E-state index < -0.39 is 0 Å². The van der Waals surface area contributed by atoms with E-state index in [-0.39, 0.29) is 12.6 Å². The van der Waals surface area contributed by atoms with E-state index in [4.69, 9.17) is 9.84 Å². The number of aromatic nitrogens is 2. The lowest BCUT2D eigenvalue weighted by molar-refractivity contribution is 0.178. The van der Waals surface area contributed by atoms with Crippen molar-refractivity contribution >= 4 is 11.6 Å². The summed E-state index contributed by atoms with van der Waals surface area (Å²) in [6, 6.07) is 2.16. The number of hydrogen-bond acceptors (Lipinski definition) is 6. The second kappa shape index (κ2) is 9.50. The Hall–Kier alpha value is -1.40. The van der Waals surface area contributed by atoms with Crippen molar-refractivity contribution in [3.05, 3.63) is 11.9 Å². The van der Waals surface area contributed by atoms with E-state index in [0.29, 0.717) is 12.4 Å². The molecule has 0 amide bonds. The molecule has 1 heterocycles.